The van der Waals surface area contributed by atoms with Crippen LogP contribution in [-0.4, -0.2) is 43.7 Å². The van der Waals surface area contributed by atoms with Crippen molar-refractivity contribution in [3.05, 3.63) is 107 Å². The van der Waals surface area contributed by atoms with Crippen molar-refractivity contribution in [2.45, 2.75) is 24.2 Å². The van der Waals surface area contributed by atoms with Gasteiger partial charge in [0.1, 0.15) is 22.8 Å². The first-order valence-electron chi connectivity index (χ1n) is 12.8. The molecule has 0 radical (unpaired) electrons. The summed E-state index contributed by atoms with van der Waals surface area (Å²) in [5, 5.41) is 21.1. The number of ether oxygens (including phenoxy) is 1. The maximum Gasteiger partial charge on any atom is 0.341 e. The molecule has 0 bridgehead atoms. The molecule has 0 fully saturated rings. The largest absolute Gasteiger partial charge is 0.462 e. The van der Waals surface area contributed by atoms with Gasteiger partial charge in [0, 0.05) is 33.8 Å². The minimum Gasteiger partial charge on any atom is -0.462 e. The first-order chi connectivity index (χ1) is 20.0. The summed E-state index contributed by atoms with van der Waals surface area (Å²) in [6, 6.07) is 26.1. The van der Waals surface area contributed by atoms with Crippen molar-refractivity contribution in [1.82, 2.24) is 25.2 Å². The number of hydrogen-bond donors (Lipinski definition) is 1. The minimum atomic E-state index is -0.483. The first kappa shape index (κ1) is 28.0. The minimum absolute atomic E-state index is 0.0158. The Hall–Kier alpha value is -4.54. The van der Waals surface area contributed by atoms with Crippen LogP contribution in [-0.2, 0) is 21.8 Å². The number of aromatic nitrogens is 5. The van der Waals surface area contributed by atoms with Gasteiger partial charge in [-0.1, -0.05) is 89.2 Å². The summed E-state index contributed by atoms with van der Waals surface area (Å²) >= 11 is 7.20. The van der Waals surface area contributed by atoms with Gasteiger partial charge in [0.15, 0.2) is 0 Å². The Bertz CT molecular complexity index is 1650. The second-order valence-electron chi connectivity index (χ2n) is 8.81. The standard InChI is InChI=1S/C30H25ClN6O3S/c1-2-40-30(39)27-26(20-9-5-3-6-10-20)28(21-11-7-4-8-12-21)34-35-29(27)41-19-24-17-37(36-33-24)18-25(38)32-23-15-13-22(31)14-16-23/h3-17H,2,18-19H2,1H3,(H,32,38). The highest BCUT2D eigenvalue weighted by Gasteiger charge is 2.26. The van der Waals surface area contributed by atoms with Gasteiger partial charge < -0.3 is 10.1 Å². The summed E-state index contributed by atoms with van der Waals surface area (Å²) in [5.74, 6) is -0.391. The SMILES string of the molecule is CCOC(=O)c1c(SCc2cn(CC(=O)Nc3ccc(Cl)cc3)nn2)nnc(-c2ccccc2)c1-c1ccccc1. The van der Waals surface area contributed by atoms with E-state index in [-0.39, 0.29) is 19.1 Å². The van der Waals surface area contributed by atoms with Gasteiger partial charge in [-0.3, -0.25) is 4.79 Å². The lowest BCUT2D eigenvalue weighted by molar-refractivity contribution is -0.116. The molecule has 9 nitrogen and oxygen atoms in total. The fraction of sp³-hybridized carbons (Fsp3) is 0.133. The summed E-state index contributed by atoms with van der Waals surface area (Å²) in [6.07, 6.45) is 1.68. The Kier molecular flexibility index (Phi) is 9.02. The third-order valence-electron chi connectivity index (χ3n) is 5.91. The topological polar surface area (TPSA) is 112 Å². The zero-order valence-electron chi connectivity index (χ0n) is 22.0. The van der Waals surface area contributed by atoms with Crippen molar-refractivity contribution in [3.8, 4) is 22.4 Å². The Morgan fingerprint density at radius 1 is 0.902 bits per heavy atom. The van der Waals surface area contributed by atoms with E-state index in [1.807, 2.05) is 60.7 Å². The zero-order chi connectivity index (χ0) is 28.6. The molecule has 5 aromatic rings. The van der Waals surface area contributed by atoms with Gasteiger partial charge in [0.05, 0.1) is 12.3 Å². The average molecular weight is 585 g/mol. The zero-order valence-corrected chi connectivity index (χ0v) is 23.6. The van der Waals surface area contributed by atoms with E-state index in [0.29, 0.717) is 44.0 Å². The number of nitrogens with one attached hydrogen (secondary N) is 1. The highest BCUT2D eigenvalue weighted by Crippen LogP contribution is 2.38. The van der Waals surface area contributed by atoms with Gasteiger partial charge in [-0.05, 0) is 36.8 Å². The molecule has 41 heavy (non-hydrogen) atoms. The summed E-state index contributed by atoms with van der Waals surface area (Å²) in [4.78, 5) is 25.8. The number of hydrogen-bond acceptors (Lipinski definition) is 8. The van der Waals surface area contributed by atoms with E-state index in [1.54, 1.807) is 37.4 Å². The first-order valence-corrected chi connectivity index (χ1v) is 14.1. The van der Waals surface area contributed by atoms with E-state index in [1.165, 1.54) is 16.4 Å². The highest BCUT2D eigenvalue weighted by atomic mass is 35.5. The lowest BCUT2D eigenvalue weighted by Crippen LogP contribution is -2.19. The van der Waals surface area contributed by atoms with Crippen LogP contribution in [0.2, 0.25) is 5.02 Å². The molecule has 1 amide bonds. The monoisotopic (exact) mass is 584 g/mol. The molecule has 0 aliphatic heterocycles. The number of esters is 1. The molecule has 5 rings (SSSR count). The van der Waals surface area contributed by atoms with Crippen LogP contribution in [0, 0.1) is 0 Å². The highest BCUT2D eigenvalue weighted by molar-refractivity contribution is 7.98. The third kappa shape index (κ3) is 6.97. The fourth-order valence-electron chi connectivity index (χ4n) is 4.10. The Morgan fingerprint density at radius 3 is 2.27 bits per heavy atom. The van der Waals surface area contributed by atoms with E-state index in [4.69, 9.17) is 16.3 Å². The average Bonchev–Trinajstić information content (AvgIpc) is 3.44. The molecule has 11 heteroatoms. The van der Waals surface area contributed by atoms with E-state index in [0.717, 1.165) is 11.1 Å². The normalized spacial score (nSPS) is 10.8. The molecule has 2 heterocycles. The molecule has 0 unspecified atom stereocenters. The smallest absolute Gasteiger partial charge is 0.341 e. The Balaban J connectivity index is 1.40. The van der Waals surface area contributed by atoms with Gasteiger partial charge in [-0.25, -0.2) is 9.48 Å². The van der Waals surface area contributed by atoms with Crippen molar-refractivity contribution < 1.29 is 14.3 Å². The third-order valence-corrected chi connectivity index (χ3v) is 7.16. The Morgan fingerprint density at radius 2 is 1.59 bits per heavy atom. The molecule has 0 atom stereocenters. The van der Waals surface area contributed by atoms with Crippen molar-refractivity contribution in [1.29, 1.82) is 0 Å². The van der Waals surface area contributed by atoms with Crippen LogP contribution < -0.4 is 5.32 Å². The number of halogens is 1. The summed E-state index contributed by atoms with van der Waals surface area (Å²) in [7, 11) is 0. The van der Waals surface area contributed by atoms with Crippen LogP contribution in [0.3, 0.4) is 0 Å². The molecule has 1 N–H and O–H groups in total. The molecular weight excluding hydrogens is 560 g/mol. The number of amides is 1. The number of carbonyl (C=O) groups excluding carboxylic acids is 2. The van der Waals surface area contributed by atoms with Crippen LogP contribution in [0.4, 0.5) is 5.69 Å². The Labute approximate surface area is 245 Å². The van der Waals surface area contributed by atoms with Gasteiger partial charge in [-0.2, -0.15) is 0 Å². The summed E-state index contributed by atoms with van der Waals surface area (Å²) < 4.78 is 6.92. The molecule has 0 spiro atoms. The molecule has 3 aromatic carbocycles. The molecule has 206 valence electrons. The van der Waals surface area contributed by atoms with E-state index in [9.17, 15) is 9.59 Å². The molecule has 0 aliphatic carbocycles. The number of anilines is 1. The van der Waals surface area contributed by atoms with Gasteiger partial charge in [-0.15, -0.1) is 15.3 Å². The van der Waals surface area contributed by atoms with Crippen molar-refractivity contribution in [2.24, 2.45) is 0 Å². The molecule has 2 aromatic heterocycles. The van der Waals surface area contributed by atoms with E-state index < -0.39 is 5.97 Å². The maximum absolute atomic E-state index is 13.4. The van der Waals surface area contributed by atoms with Crippen LogP contribution in [0.25, 0.3) is 22.4 Å². The summed E-state index contributed by atoms with van der Waals surface area (Å²) in [6.45, 7) is 1.96. The predicted octanol–water partition coefficient (Wildman–Crippen LogP) is 6.16. The second-order valence-corrected chi connectivity index (χ2v) is 10.2. The maximum atomic E-state index is 13.4. The number of benzene rings is 3. The second kappa shape index (κ2) is 13.2. The fourth-order valence-corrected chi connectivity index (χ4v) is 5.07. The van der Waals surface area contributed by atoms with Gasteiger partial charge in [0.25, 0.3) is 0 Å². The van der Waals surface area contributed by atoms with Crippen LogP contribution in [0.15, 0.2) is 96.2 Å². The quantitative estimate of drug-likeness (QED) is 0.153. The van der Waals surface area contributed by atoms with Crippen molar-refractivity contribution in [3.63, 3.8) is 0 Å². The lowest BCUT2D eigenvalue weighted by atomic mass is 9.96. The van der Waals surface area contributed by atoms with Crippen LogP contribution >= 0.6 is 23.4 Å². The van der Waals surface area contributed by atoms with Gasteiger partial charge in [0.2, 0.25) is 5.91 Å². The lowest BCUT2D eigenvalue weighted by Gasteiger charge is -2.16. The predicted molar refractivity (Wildman–Crippen MR) is 159 cm³/mol. The number of carbonyl (C=O) groups is 2. The van der Waals surface area contributed by atoms with Crippen LogP contribution in [0.1, 0.15) is 23.0 Å². The van der Waals surface area contributed by atoms with Crippen molar-refractivity contribution in [2.75, 3.05) is 11.9 Å². The van der Waals surface area contributed by atoms with E-state index >= 15 is 0 Å². The van der Waals surface area contributed by atoms with Gasteiger partial charge >= 0.3 is 5.97 Å². The number of nitrogens with zero attached hydrogens (tertiary/aromatic N) is 5. The molecule has 0 saturated carbocycles. The number of thioether (sulfide) groups is 1. The van der Waals surface area contributed by atoms with Crippen LogP contribution in [0.5, 0.6) is 0 Å². The van der Waals surface area contributed by atoms with Crippen molar-refractivity contribution >= 4 is 40.9 Å². The molecular formula is C30H25ClN6O3S. The van der Waals surface area contributed by atoms with E-state index in [2.05, 4.69) is 25.8 Å². The number of rotatable bonds is 10. The molecule has 0 saturated heterocycles. The molecule has 0 aliphatic rings. The summed E-state index contributed by atoms with van der Waals surface area (Å²) in [5.41, 5.74) is 4.47.